The molecule has 37 heavy (non-hydrogen) atoms. The van der Waals surface area contributed by atoms with Crippen molar-refractivity contribution in [2.75, 3.05) is 7.11 Å². The summed E-state index contributed by atoms with van der Waals surface area (Å²) < 4.78 is 14.8. The summed E-state index contributed by atoms with van der Waals surface area (Å²) in [6.07, 6.45) is 2.54. The molecule has 0 spiro atoms. The van der Waals surface area contributed by atoms with Crippen LogP contribution in [0.5, 0.6) is 11.6 Å². The molecule has 1 aliphatic heterocycles. The first-order valence-electron chi connectivity index (χ1n) is 11.4. The fourth-order valence-corrected chi connectivity index (χ4v) is 4.51. The van der Waals surface area contributed by atoms with E-state index < -0.39 is 10.8 Å². The third kappa shape index (κ3) is 4.14. The van der Waals surface area contributed by atoms with Gasteiger partial charge in [-0.25, -0.2) is 4.98 Å². The minimum Gasteiger partial charge on any atom is -0.496 e. The lowest BCUT2D eigenvalue weighted by Crippen LogP contribution is -2.22. The lowest BCUT2D eigenvalue weighted by Gasteiger charge is -2.24. The number of fused-ring (bicyclic) bond motifs is 1. The zero-order valence-electron chi connectivity index (χ0n) is 20.4. The molecule has 0 bridgehead atoms. The van der Waals surface area contributed by atoms with Crippen molar-refractivity contribution < 1.29 is 14.4 Å². The minimum atomic E-state index is -0.587. The number of imidazole rings is 1. The van der Waals surface area contributed by atoms with Gasteiger partial charge in [0.2, 0.25) is 11.8 Å². The zero-order chi connectivity index (χ0) is 26.3. The van der Waals surface area contributed by atoms with Crippen molar-refractivity contribution in [2.45, 2.75) is 26.3 Å². The second-order valence-electron chi connectivity index (χ2n) is 8.67. The number of rotatable bonds is 6. The molecule has 0 radical (unpaired) electrons. The van der Waals surface area contributed by atoms with E-state index in [-0.39, 0.29) is 23.7 Å². The molecule has 1 atom stereocenters. The Labute approximate surface area is 212 Å². The molecule has 1 aliphatic rings. The van der Waals surface area contributed by atoms with Crippen molar-refractivity contribution in [3.63, 3.8) is 0 Å². The van der Waals surface area contributed by atoms with E-state index in [1.54, 1.807) is 13.2 Å². The standard InChI is InChI=1S/C26H23N7O4/c1-15-4-7-19(8-5-15)32-16(2)30-24-23(21(11-27)25(28)37-26(24)32)17-6-9-22(36-3)18(10-17)13-31-14-20(12-29-31)33(34)35/h4-10,12,14,23H,13,28H2,1-3H3. The molecule has 0 aliphatic carbocycles. The van der Waals surface area contributed by atoms with Crippen LogP contribution in [0.25, 0.3) is 5.69 Å². The summed E-state index contributed by atoms with van der Waals surface area (Å²) in [5.41, 5.74) is 10.4. The molecule has 4 aromatic rings. The number of methoxy groups -OCH3 is 1. The average Bonchev–Trinajstić information content (AvgIpc) is 3.48. The fourth-order valence-electron chi connectivity index (χ4n) is 4.51. The second-order valence-corrected chi connectivity index (χ2v) is 8.67. The highest BCUT2D eigenvalue weighted by molar-refractivity contribution is 5.56. The second kappa shape index (κ2) is 9.16. The van der Waals surface area contributed by atoms with E-state index in [1.807, 2.05) is 54.8 Å². The van der Waals surface area contributed by atoms with Gasteiger partial charge in [0, 0.05) is 5.56 Å². The minimum absolute atomic E-state index is 0.00771. The van der Waals surface area contributed by atoms with Crippen molar-refractivity contribution in [1.82, 2.24) is 19.3 Å². The van der Waals surface area contributed by atoms with Crippen LogP contribution in [0, 0.1) is 35.3 Å². The van der Waals surface area contributed by atoms with E-state index in [1.165, 1.54) is 17.1 Å². The van der Waals surface area contributed by atoms with Crippen LogP contribution >= 0.6 is 0 Å². The van der Waals surface area contributed by atoms with Crippen LogP contribution in [0.1, 0.15) is 34.1 Å². The molecule has 0 saturated carbocycles. The highest BCUT2D eigenvalue weighted by atomic mass is 16.6. The third-order valence-corrected chi connectivity index (χ3v) is 6.28. The Balaban J connectivity index is 1.62. The van der Waals surface area contributed by atoms with E-state index in [0.29, 0.717) is 23.1 Å². The summed E-state index contributed by atoms with van der Waals surface area (Å²) >= 11 is 0. The van der Waals surface area contributed by atoms with Crippen molar-refractivity contribution in [2.24, 2.45) is 5.73 Å². The molecule has 0 amide bonds. The van der Waals surface area contributed by atoms with Gasteiger partial charge < -0.3 is 15.2 Å². The maximum Gasteiger partial charge on any atom is 0.307 e. The van der Waals surface area contributed by atoms with Crippen LogP contribution in [0.3, 0.4) is 0 Å². The normalized spacial score (nSPS) is 14.6. The monoisotopic (exact) mass is 497 g/mol. The number of nitrogens with two attached hydrogens (primary N) is 1. The van der Waals surface area contributed by atoms with Crippen LogP contribution in [-0.4, -0.2) is 31.4 Å². The lowest BCUT2D eigenvalue weighted by molar-refractivity contribution is -0.385. The van der Waals surface area contributed by atoms with Gasteiger partial charge in [-0.1, -0.05) is 23.8 Å². The number of hydrogen-bond acceptors (Lipinski definition) is 8. The zero-order valence-corrected chi connectivity index (χ0v) is 20.4. The number of nitro groups is 1. The van der Waals surface area contributed by atoms with E-state index in [0.717, 1.165) is 22.4 Å². The fraction of sp³-hybridized carbons (Fsp3) is 0.192. The molecular weight excluding hydrogens is 474 g/mol. The highest BCUT2D eigenvalue weighted by Crippen LogP contribution is 2.44. The van der Waals surface area contributed by atoms with Gasteiger partial charge in [0.1, 0.15) is 41.3 Å². The predicted molar refractivity (Wildman–Crippen MR) is 133 cm³/mol. The Hall–Kier alpha value is -5.11. The van der Waals surface area contributed by atoms with Crippen LogP contribution in [-0.2, 0) is 6.54 Å². The maximum absolute atomic E-state index is 11.1. The molecule has 1 unspecified atom stereocenters. The van der Waals surface area contributed by atoms with Gasteiger partial charge in [0.05, 0.1) is 30.2 Å². The largest absolute Gasteiger partial charge is 0.496 e. The summed E-state index contributed by atoms with van der Waals surface area (Å²) in [4.78, 5) is 15.4. The summed E-state index contributed by atoms with van der Waals surface area (Å²) in [5.74, 6) is 1.13. The van der Waals surface area contributed by atoms with Gasteiger partial charge in [-0.3, -0.25) is 19.4 Å². The van der Waals surface area contributed by atoms with E-state index in [2.05, 4.69) is 11.2 Å². The summed E-state index contributed by atoms with van der Waals surface area (Å²) in [6, 6.07) is 15.6. The number of benzene rings is 2. The first-order valence-corrected chi connectivity index (χ1v) is 11.4. The third-order valence-electron chi connectivity index (χ3n) is 6.28. The van der Waals surface area contributed by atoms with Gasteiger partial charge in [-0.05, 0) is 43.7 Å². The number of nitriles is 1. The molecular formula is C26H23N7O4. The summed E-state index contributed by atoms with van der Waals surface area (Å²) in [5, 5.41) is 25.2. The average molecular weight is 498 g/mol. The number of hydrogen-bond donors (Lipinski definition) is 1. The molecule has 186 valence electrons. The highest BCUT2D eigenvalue weighted by Gasteiger charge is 2.36. The number of nitrogens with zero attached hydrogens (tertiary/aromatic N) is 6. The van der Waals surface area contributed by atoms with Gasteiger partial charge in [0.25, 0.3) is 0 Å². The number of ether oxygens (including phenoxy) is 2. The summed E-state index contributed by atoms with van der Waals surface area (Å²) in [7, 11) is 1.54. The number of allylic oxidation sites excluding steroid dienone is 1. The summed E-state index contributed by atoms with van der Waals surface area (Å²) in [6.45, 7) is 4.10. The Morgan fingerprint density at radius 1 is 1.24 bits per heavy atom. The van der Waals surface area contributed by atoms with Gasteiger partial charge in [0.15, 0.2) is 0 Å². The quantitative estimate of drug-likeness (QED) is 0.312. The molecule has 2 N–H and O–H groups in total. The first-order chi connectivity index (χ1) is 17.8. The molecule has 0 saturated heterocycles. The Morgan fingerprint density at radius 2 is 2.00 bits per heavy atom. The van der Waals surface area contributed by atoms with Gasteiger partial charge >= 0.3 is 5.69 Å². The predicted octanol–water partition coefficient (Wildman–Crippen LogP) is 3.87. The van der Waals surface area contributed by atoms with E-state index in [4.69, 9.17) is 20.2 Å². The lowest BCUT2D eigenvalue weighted by atomic mass is 9.86. The first kappa shape index (κ1) is 23.6. The van der Waals surface area contributed by atoms with E-state index in [9.17, 15) is 15.4 Å². The molecule has 3 heterocycles. The van der Waals surface area contributed by atoms with Crippen LogP contribution in [0.2, 0.25) is 0 Å². The molecule has 2 aromatic carbocycles. The van der Waals surface area contributed by atoms with Crippen LogP contribution < -0.4 is 15.2 Å². The Morgan fingerprint density at radius 3 is 2.65 bits per heavy atom. The van der Waals surface area contributed by atoms with Crippen LogP contribution in [0.15, 0.2) is 66.3 Å². The maximum atomic E-state index is 11.1. The molecule has 5 rings (SSSR count). The molecule has 2 aromatic heterocycles. The van der Waals surface area contributed by atoms with E-state index >= 15 is 0 Å². The van der Waals surface area contributed by atoms with Gasteiger partial charge in [-0.2, -0.15) is 10.4 Å². The van der Waals surface area contributed by atoms with Crippen molar-refractivity contribution in [3.05, 3.63) is 105 Å². The van der Waals surface area contributed by atoms with Crippen molar-refractivity contribution >= 4 is 5.69 Å². The van der Waals surface area contributed by atoms with Crippen molar-refractivity contribution in [3.8, 4) is 23.4 Å². The smallest absolute Gasteiger partial charge is 0.307 e. The SMILES string of the molecule is COc1ccc(C2C(C#N)=C(N)Oc3c2nc(C)n3-c2ccc(C)cc2)cc1Cn1cc([N+](=O)[O-])cn1. The number of aromatic nitrogens is 4. The Kier molecular flexibility index (Phi) is 5.85. The van der Waals surface area contributed by atoms with Gasteiger partial charge in [-0.15, -0.1) is 0 Å². The molecule has 11 nitrogen and oxygen atoms in total. The topological polar surface area (TPSA) is 147 Å². The van der Waals surface area contributed by atoms with Crippen molar-refractivity contribution in [1.29, 1.82) is 5.26 Å². The molecule has 0 fully saturated rings. The molecule has 11 heteroatoms. The van der Waals surface area contributed by atoms with Crippen LogP contribution in [0.4, 0.5) is 5.69 Å². The Bertz CT molecular complexity index is 1590. The number of aryl methyl sites for hydroxylation is 2.